The van der Waals surface area contributed by atoms with Gasteiger partial charge in [-0.15, -0.1) is 0 Å². The molecule has 4 N–H and O–H groups in total. The van der Waals surface area contributed by atoms with Gasteiger partial charge in [-0.05, 0) is 30.9 Å². The summed E-state index contributed by atoms with van der Waals surface area (Å²) in [6, 6.07) is 1.94. The Morgan fingerprint density at radius 2 is 1.90 bits per heavy atom. The molecule has 0 radical (unpaired) electrons. The van der Waals surface area contributed by atoms with E-state index >= 15 is 0 Å². The number of nitrogen functional groups attached to an aromatic ring is 1. The zero-order chi connectivity index (χ0) is 14.7. The first-order valence-corrected chi connectivity index (χ1v) is 6.42. The second kappa shape index (κ2) is 6.15. The van der Waals surface area contributed by atoms with Crippen LogP contribution < -0.4 is 11.3 Å². The van der Waals surface area contributed by atoms with Gasteiger partial charge in [0, 0.05) is 25.3 Å². The first-order chi connectivity index (χ1) is 9.56. The molecule has 7 heteroatoms. The number of carbonyl (C=O) groups is 1. The number of aliphatic hydroxyl groups is 1. The first kappa shape index (κ1) is 14.7. The monoisotopic (exact) mass is 285 g/mol. The second-order valence-corrected chi connectivity index (χ2v) is 4.88. The minimum Gasteiger partial charge on any atom is -0.396 e. The number of nitrogens with zero attached hydrogens (tertiary/aromatic N) is 1. The van der Waals surface area contributed by atoms with Crippen LogP contribution in [0.2, 0.25) is 0 Å². The molecule has 1 aromatic rings. The van der Waals surface area contributed by atoms with Crippen molar-refractivity contribution in [2.24, 2.45) is 11.8 Å². The number of aliphatic hydroxyl groups excluding tert-OH is 1. The number of anilines is 1. The Morgan fingerprint density at radius 3 is 2.35 bits per heavy atom. The third-order valence-electron chi connectivity index (χ3n) is 3.59. The summed E-state index contributed by atoms with van der Waals surface area (Å²) in [5, 5.41) is 9.04. The van der Waals surface area contributed by atoms with E-state index in [4.69, 9.17) is 10.9 Å². The SMILES string of the molecule is NNc1c(F)cc(C(=O)N2CCC(CO)CC2)cc1F. The average Bonchev–Trinajstić information content (AvgIpc) is 2.46. The number of hydrogen-bond acceptors (Lipinski definition) is 4. The van der Waals surface area contributed by atoms with Gasteiger partial charge in [0.1, 0.15) is 5.69 Å². The van der Waals surface area contributed by atoms with Crippen LogP contribution in [-0.4, -0.2) is 35.6 Å². The standard InChI is InChI=1S/C13H17F2N3O2/c14-10-5-9(6-11(15)12(10)17-16)13(20)18-3-1-8(7-19)2-4-18/h5-6,8,17,19H,1-4,7,16H2. The maximum Gasteiger partial charge on any atom is 0.254 e. The summed E-state index contributed by atoms with van der Waals surface area (Å²) in [6.07, 6.45) is 1.38. The van der Waals surface area contributed by atoms with Crippen molar-refractivity contribution >= 4 is 11.6 Å². The Hall–Kier alpha value is -1.73. The molecule has 0 aromatic heterocycles. The molecule has 0 unspecified atom stereocenters. The number of halogens is 2. The van der Waals surface area contributed by atoms with E-state index in [1.165, 1.54) is 4.90 Å². The molecule has 1 aromatic carbocycles. The van der Waals surface area contributed by atoms with E-state index in [0.29, 0.717) is 25.9 Å². The van der Waals surface area contributed by atoms with Crippen molar-refractivity contribution in [1.82, 2.24) is 4.90 Å². The van der Waals surface area contributed by atoms with Gasteiger partial charge in [-0.3, -0.25) is 10.6 Å². The third-order valence-corrected chi connectivity index (χ3v) is 3.59. The van der Waals surface area contributed by atoms with Crippen LogP contribution in [0.25, 0.3) is 0 Å². The maximum atomic E-state index is 13.6. The fourth-order valence-corrected chi connectivity index (χ4v) is 2.34. The van der Waals surface area contributed by atoms with E-state index in [9.17, 15) is 13.6 Å². The van der Waals surface area contributed by atoms with Gasteiger partial charge in [0.25, 0.3) is 5.91 Å². The molecule has 20 heavy (non-hydrogen) atoms. The highest BCUT2D eigenvalue weighted by Crippen LogP contribution is 2.23. The number of carbonyl (C=O) groups excluding carboxylic acids is 1. The smallest absolute Gasteiger partial charge is 0.254 e. The lowest BCUT2D eigenvalue weighted by Gasteiger charge is -2.31. The Morgan fingerprint density at radius 1 is 1.35 bits per heavy atom. The van der Waals surface area contributed by atoms with Crippen molar-refractivity contribution in [3.05, 3.63) is 29.3 Å². The van der Waals surface area contributed by atoms with E-state index < -0.39 is 23.2 Å². The van der Waals surface area contributed by atoms with Crippen molar-refractivity contribution < 1.29 is 18.7 Å². The van der Waals surface area contributed by atoms with E-state index in [1.54, 1.807) is 0 Å². The predicted octanol–water partition coefficient (Wildman–Crippen LogP) is 1.09. The molecular formula is C13H17F2N3O2. The van der Waals surface area contributed by atoms with E-state index in [0.717, 1.165) is 12.1 Å². The zero-order valence-electron chi connectivity index (χ0n) is 10.9. The van der Waals surface area contributed by atoms with Crippen LogP contribution in [0.15, 0.2) is 12.1 Å². The molecule has 1 fully saturated rings. The van der Waals surface area contributed by atoms with Gasteiger partial charge < -0.3 is 15.4 Å². The Labute approximate surface area is 115 Å². The van der Waals surface area contributed by atoms with Crippen LogP contribution in [0.4, 0.5) is 14.5 Å². The molecule has 1 saturated heterocycles. The van der Waals surface area contributed by atoms with Crippen LogP contribution in [0.5, 0.6) is 0 Å². The lowest BCUT2D eigenvalue weighted by atomic mass is 9.97. The quantitative estimate of drug-likeness (QED) is 0.574. The Balaban J connectivity index is 2.14. The highest BCUT2D eigenvalue weighted by molar-refractivity contribution is 5.94. The molecule has 1 heterocycles. The Bertz CT molecular complexity index is 479. The van der Waals surface area contributed by atoms with E-state index in [2.05, 4.69) is 0 Å². The highest BCUT2D eigenvalue weighted by Gasteiger charge is 2.24. The summed E-state index contributed by atoms with van der Waals surface area (Å²) in [5.41, 5.74) is 1.42. The van der Waals surface area contributed by atoms with Crippen LogP contribution >= 0.6 is 0 Å². The lowest BCUT2D eigenvalue weighted by molar-refractivity contribution is 0.0650. The van der Waals surface area contributed by atoms with Crippen LogP contribution in [-0.2, 0) is 0 Å². The summed E-state index contributed by atoms with van der Waals surface area (Å²) in [4.78, 5) is 13.7. The van der Waals surface area contributed by atoms with Crippen LogP contribution in [0, 0.1) is 17.6 Å². The minimum absolute atomic E-state index is 0.0403. The molecule has 110 valence electrons. The van der Waals surface area contributed by atoms with Crippen LogP contribution in [0.1, 0.15) is 23.2 Å². The van der Waals surface area contributed by atoms with Gasteiger partial charge in [-0.1, -0.05) is 0 Å². The largest absolute Gasteiger partial charge is 0.396 e. The number of benzene rings is 1. The van der Waals surface area contributed by atoms with Gasteiger partial charge in [-0.2, -0.15) is 0 Å². The lowest BCUT2D eigenvalue weighted by Crippen LogP contribution is -2.39. The molecular weight excluding hydrogens is 268 g/mol. The average molecular weight is 285 g/mol. The normalized spacial score (nSPS) is 16.3. The van der Waals surface area contributed by atoms with Crippen molar-refractivity contribution in [2.75, 3.05) is 25.1 Å². The minimum atomic E-state index is -0.902. The summed E-state index contributed by atoms with van der Waals surface area (Å²) in [6.45, 7) is 1.05. The zero-order valence-corrected chi connectivity index (χ0v) is 10.9. The molecule has 0 aliphatic carbocycles. The van der Waals surface area contributed by atoms with E-state index in [-0.39, 0.29) is 18.1 Å². The van der Waals surface area contributed by atoms with Gasteiger partial charge in [0.15, 0.2) is 11.6 Å². The van der Waals surface area contributed by atoms with Crippen molar-refractivity contribution in [3.63, 3.8) is 0 Å². The molecule has 1 aliphatic heterocycles. The summed E-state index contributed by atoms with van der Waals surface area (Å²) in [7, 11) is 0. The number of piperidine rings is 1. The number of amides is 1. The van der Waals surface area contributed by atoms with Crippen molar-refractivity contribution in [1.29, 1.82) is 0 Å². The number of rotatable bonds is 3. The van der Waals surface area contributed by atoms with Gasteiger partial charge in [0.05, 0.1) is 0 Å². The van der Waals surface area contributed by atoms with Gasteiger partial charge in [0.2, 0.25) is 0 Å². The number of hydrogen-bond donors (Lipinski definition) is 3. The summed E-state index contributed by atoms with van der Waals surface area (Å²) in [5.74, 6) is 2.98. The molecule has 0 saturated carbocycles. The molecule has 1 aliphatic rings. The highest BCUT2D eigenvalue weighted by atomic mass is 19.1. The molecule has 1 amide bonds. The van der Waals surface area contributed by atoms with E-state index in [1.807, 2.05) is 5.43 Å². The first-order valence-electron chi connectivity index (χ1n) is 6.42. The number of nitrogens with one attached hydrogen (secondary N) is 1. The fourth-order valence-electron chi connectivity index (χ4n) is 2.34. The molecule has 0 spiro atoms. The fraction of sp³-hybridized carbons (Fsp3) is 0.462. The molecule has 0 atom stereocenters. The second-order valence-electron chi connectivity index (χ2n) is 4.88. The molecule has 5 nitrogen and oxygen atoms in total. The number of likely N-dealkylation sites (tertiary alicyclic amines) is 1. The van der Waals surface area contributed by atoms with Crippen molar-refractivity contribution in [3.8, 4) is 0 Å². The molecule has 2 rings (SSSR count). The maximum absolute atomic E-state index is 13.6. The number of nitrogens with two attached hydrogens (primary N) is 1. The summed E-state index contributed by atoms with van der Waals surface area (Å²) < 4.78 is 27.1. The Kier molecular flexibility index (Phi) is 4.51. The van der Waals surface area contributed by atoms with Crippen LogP contribution in [0.3, 0.4) is 0 Å². The van der Waals surface area contributed by atoms with Gasteiger partial charge >= 0.3 is 0 Å². The third kappa shape index (κ3) is 2.88. The van der Waals surface area contributed by atoms with Gasteiger partial charge in [-0.25, -0.2) is 8.78 Å². The number of hydrazine groups is 1. The predicted molar refractivity (Wildman–Crippen MR) is 69.9 cm³/mol. The molecule has 0 bridgehead atoms. The van der Waals surface area contributed by atoms with Crippen molar-refractivity contribution in [2.45, 2.75) is 12.8 Å². The topological polar surface area (TPSA) is 78.6 Å². The summed E-state index contributed by atoms with van der Waals surface area (Å²) >= 11 is 0.